The molecule has 0 aliphatic heterocycles. The predicted octanol–water partition coefficient (Wildman–Crippen LogP) is 2.77. The van der Waals surface area contributed by atoms with Gasteiger partial charge in [0.25, 0.3) is 0 Å². The zero-order valence-corrected chi connectivity index (χ0v) is 7.89. The van der Waals surface area contributed by atoms with Gasteiger partial charge in [-0.25, -0.2) is 8.78 Å². The van der Waals surface area contributed by atoms with Gasteiger partial charge in [-0.15, -0.1) is 0 Å². The van der Waals surface area contributed by atoms with Crippen molar-refractivity contribution in [3.05, 3.63) is 0 Å². The lowest BCUT2D eigenvalue weighted by Gasteiger charge is -2.01. The van der Waals surface area contributed by atoms with Crippen LogP contribution in [-0.2, 0) is 9.53 Å². The van der Waals surface area contributed by atoms with E-state index in [1.807, 2.05) is 0 Å². The van der Waals surface area contributed by atoms with E-state index in [1.54, 1.807) is 0 Å². The Morgan fingerprint density at radius 2 is 1.85 bits per heavy atom. The van der Waals surface area contributed by atoms with Gasteiger partial charge in [0, 0.05) is 13.3 Å². The highest BCUT2D eigenvalue weighted by atomic mass is 19.3. The molecule has 0 amide bonds. The Balaban J connectivity index is 2.96. The summed E-state index contributed by atoms with van der Waals surface area (Å²) in [6.45, 7) is 1.76. The van der Waals surface area contributed by atoms with E-state index in [0.29, 0.717) is 13.0 Å². The van der Waals surface area contributed by atoms with E-state index in [4.69, 9.17) is 0 Å². The van der Waals surface area contributed by atoms with Crippen LogP contribution in [0.15, 0.2) is 0 Å². The molecule has 0 aromatic heterocycles. The number of hydrogen-bond acceptors (Lipinski definition) is 2. The molecule has 0 aliphatic rings. The number of carbonyl (C=O) groups is 1. The maximum absolute atomic E-state index is 11.6. The van der Waals surface area contributed by atoms with Crippen LogP contribution in [0.25, 0.3) is 0 Å². The summed E-state index contributed by atoms with van der Waals surface area (Å²) >= 11 is 0. The van der Waals surface area contributed by atoms with Crippen LogP contribution in [0.4, 0.5) is 8.78 Å². The van der Waals surface area contributed by atoms with Crippen LogP contribution in [-0.4, -0.2) is 19.0 Å². The topological polar surface area (TPSA) is 26.3 Å². The minimum Gasteiger partial charge on any atom is -0.466 e. The third-order valence-corrected chi connectivity index (χ3v) is 1.62. The molecule has 4 heteroatoms. The molecule has 0 fully saturated rings. The largest absolute Gasteiger partial charge is 0.466 e. The first-order valence-electron chi connectivity index (χ1n) is 4.54. The molecule has 0 saturated carbocycles. The average Bonchev–Trinajstić information content (AvgIpc) is 2.01. The molecule has 0 aromatic rings. The summed E-state index contributed by atoms with van der Waals surface area (Å²) < 4.78 is 28.0. The van der Waals surface area contributed by atoms with Crippen LogP contribution in [0.2, 0.25) is 0 Å². The highest BCUT2D eigenvalue weighted by molar-refractivity contribution is 5.65. The van der Waals surface area contributed by atoms with E-state index < -0.39 is 6.43 Å². The third kappa shape index (κ3) is 11.3. The van der Waals surface area contributed by atoms with Gasteiger partial charge in [0.05, 0.1) is 6.61 Å². The van der Waals surface area contributed by atoms with Crippen molar-refractivity contribution in [1.82, 2.24) is 0 Å². The van der Waals surface area contributed by atoms with Gasteiger partial charge >= 0.3 is 5.97 Å². The number of esters is 1. The van der Waals surface area contributed by atoms with Crippen molar-refractivity contribution in [3.8, 4) is 0 Å². The molecule has 13 heavy (non-hydrogen) atoms. The summed E-state index contributed by atoms with van der Waals surface area (Å²) in [6, 6.07) is 0. The Labute approximate surface area is 77.3 Å². The zero-order valence-electron chi connectivity index (χ0n) is 7.89. The van der Waals surface area contributed by atoms with Crippen molar-refractivity contribution < 1.29 is 18.3 Å². The van der Waals surface area contributed by atoms with Gasteiger partial charge < -0.3 is 4.74 Å². The van der Waals surface area contributed by atoms with Crippen LogP contribution in [0.3, 0.4) is 0 Å². The second kappa shape index (κ2) is 7.95. The molecule has 0 saturated heterocycles. The Kier molecular flexibility index (Phi) is 7.54. The minimum absolute atomic E-state index is 0.0203. The summed E-state index contributed by atoms with van der Waals surface area (Å²) in [5, 5.41) is 0. The number of ether oxygens (including phenoxy) is 1. The van der Waals surface area contributed by atoms with E-state index in [-0.39, 0.29) is 12.4 Å². The second-order valence-electron chi connectivity index (χ2n) is 2.93. The van der Waals surface area contributed by atoms with Gasteiger partial charge in [0.15, 0.2) is 0 Å². The molecule has 0 unspecified atom stereocenters. The smallest absolute Gasteiger partial charge is 0.302 e. The Morgan fingerprint density at radius 1 is 1.23 bits per heavy atom. The van der Waals surface area contributed by atoms with Crippen molar-refractivity contribution in [3.63, 3.8) is 0 Å². The number of unbranched alkanes of at least 4 members (excludes halogenated alkanes) is 3. The summed E-state index contributed by atoms with van der Waals surface area (Å²) in [5.74, 6) is -0.285. The fourth-order valence-electron chi connectivity index (χ4n) is 0.970. The van der Waals surface area contributed by atoms with Crippen LogP contribution in [0, 0.1) is 0 Å². The first-order chi connectivity index (χ1) is 6.13. The van der Waals surface area contributed by atoms with Gasteiger partial charge in [-0.3, -0.25) is 4.79 Å². The molecule has 0 bridgehead atoms. The molecular formula is C9H16F2O2. The molecule has 0 N–H and O–H groups in total. The Hall–Kier alpha value is -0.670. The maximum Gasteiger partial charge on any atom is 0.302 e. The van der Waals surface area contributed by atoms with Gasteiger partial charge in [0.2, 0.25) is 6.43 Å². The van der Waals surface area contributed by atoms with Crippen molar-refractivity contribution in [1.29, 1.82) is 0 Å². The van der Waals surface area contributed by atoms with Crippen LogP contribution < -0.4 is 0 Å². The first kappa shape index (κ1) is 12.3. The summed E-state index contributed by atoms with van der Waals surface area (Å²) in [5.41, 5.74) is 0. The van der Waals surface area contributed by atoms with Gasteiger partial charge in [0.1, 0.15) is 0 Å². The average molecular weight is 194 g/mol. The summed E-state index contributed by atoms with van der Waals surface area (Å²) in [4.78, 5) is 10.3. The van der Waals surface area contributed by atoms with Crippen molar-refractivity contribution in [2.75, 3.05) is 6.61 Å². The molecule has 0 rings (SSSR count). The predicted molar refractivity (Wildman–Crippen MR) is 45.7 cm³/mol. The van der Waals surface area contributed by atoms with E-state index in [9.17, 15) is 13.6 Å². The molecule has 0 heterocycles. The third-order valence-electron chi connectivity index (χ3n) is 1.62. The lowest BCUT2D eigenvalue weighted by Crippen LogP contribution is -2.00. The SMILES string of the molecule is CC(=O)OCCCCCCC(F)F. The number of carbonyl (C=O) groups excluding carboxylic acids is 1. The number of hydrogen-bond donors (Lipinski definition) is 0. The Morgan fingerprint density at radius 3 is 2.38 bits per heavy atom. The van der Waals surface area contributed by atoms with Crippen LogP contribution in [0.1, 0.15) is 39.0 Å². The van der Waals surface area contributed by atoms with Gasteiger partial charge in [-0.2, -0.15) is 0 Å². The molecular weight excluding hydrogens is 178 g/mol. The molecule has 0 radical (unpaired) electrons. The van der Waals surface area contributed by atoms with Crippen molar-refractivity contribution in [2.45, 2.75) is 45.5 Å². The Bertz CT molecular complexity index is 138. The van der Waals surface area contributed by atoms with E-state index >= 15 is 0 Å². The lowest BCUT2D eigenvalue weighted by molar-refractivity contribution is -0.141. The lowest BCUT2D eigenvalue weighted by atomic mass is 10.1. The summed E-state index contributed by atoms with van der Waals surface area (Å²) in [6.07, 6.45) is 0.744. The molecule has 0 spiro atoms. The number of rotatable bonds is 7. The highest BCUT2D eigenvalue weighted by Crippen LogP contribution is 2.08. The van der Waals surface area contributed by atoms with E-state index in [0.717, 1.165) is 19.3 Å². The van der Waals surface area contributed by atoms with Crippen LogP contribution >= 0.6 is 0 Å². The normalized spacial score (nSPS) is 10.5. The minimum atomic E-state index is -2.19. The van der Waals surface area contributed by atoms with Crippen molar-refractivity contribution in [2.24, 2.45) is 0 Å². The number of halogens is 2. The monoisotopic (exact) mass is 194 g/mol. The van der Waals surface area contributed by atoms with E-state index in [1.165, 1.54) is 6.92 Å². The fourth-order valence-corrected chi connectivity index (χ4v) is 0.970. The second-order valence-corrected chi connectivity index (χ2v) is 2.93. The van der Waals surface area contributed by atoms with E-state index in [2.05, 4.69) is 4.74 Å². The molecule has 78 valence electrons. The highest BCUT2D eigenvalue weighted by Gasteiger charge is 2.00. The maximum atomic E-state index is 11.6. The zero-order chi connectivity index (χ0) is 10.1. The van der Waals surface area contributed by atoms with Crippen molar-refractivity contribution >= 4 is 5.97 Å². The molecule has 2 nitrogen and oxygen atoms in total. The molecule has 0 aliphatic carbocycles. The summed E-state index contributed by atoms with van der Waals surface area (Å²) in [7, 11) is 0. The van der Waals surface area contributed by atoms with Gasteiger partial charge in [-0.05, 0) is 12.8 Å². The molecule has 0 atom stereocenters. The molecule has 0 aromatic carbocycles. The van der Waals surface area contributed by atoms with Crippen LogP contribution in [0.5, 0.6) is 0 Å². The quantitative estimate of drug-likeness (QED) is 0.460. The first-order valence-corrected chi connectivity index (χ1v) is 4.54. The fraction of sp³-hybridized carbons (Fsp3) is 0.889. The number of alkyl halides is 2. The van der Waals surface area contributed by atoms with Gasteiger partial charge in [-0.1, -0.05) is 12.8 Å². The standard InChI is InChI=1S/C9H16F2O2/c1-8(12)13-7-5-3-2-4-6-9(10)11/h9H,2-7H2,1H3.